The van der Waals surface area contributed by atoms with E-state index in [9.17, 15) is 0 Å². The van der Waals surface area contributed by atoms with Gasteiger partial charge in [0.15, 0.2) is 0 Å². The van der Waals surface area contributed by atoms with Crippen LogP contribution in [0.25, 0.3) is 32.7 Å². The number of benzene rings is 5. The van der Waals surface area contributed by atoms with E-state index in [1.165, 1.54) is 21.5 Å². The van der Waals surface area contributed by atoms with Crippen molar-refractivity contribution >= 4 is 21.5 Å². The molecule has 0 amide bonds. The molecule has 29 heavy (non-hydrogen) atoms. The van der Waals surface area contributed by atoms with Gasteiger partial charge in [0.05, 0.1) is 0 Å². The first-order valence-electron chi connectivity index (χ1n) is 9.81. The number of fused-ring (bicyclic) bond motifs is 7. The summed E-state index contributed by atoms with van der Waals surface area (Å²) < 4.78 is 12.9. The van der Waals surface area contributed by atoms with Crippen LogP contribution in [0, 0.1) is 0 Å². The van der Waals surface area contributed by atoms with Crippen LogP contribution in [0.15, 0.2) is 103 Å². The third kappa shape index (κ3) is 2.57. The summed E-state index contributed by atoms with van der Waals surface area (Å²) in [5.41, 5.74) is 3.18. The van der Waals surface area contributed by atoms with Crippen LogP contribution >= 0.6 is 0 Å². The largest absolute Gasteiger partial charge is 0.450 e. The molecular weight excluding hydrogens is 356 g/mol. The Bertz CT molecular complexity index is 1270. The molecule has 5 aromatic carbocycles. The number of hydrogen-bond donors (Lipinski definition) is 0. The normalized spacial score (nSPS) is 13.2. The van der Waals surface area contributed by atoms with E-state index in [0.717, 1.165) is 28.2 Å². The van der Waals surface area contributed by atoms with Crippen LogP contribution in [-0.2, 0) is 0 Å². The average molecular weight is 374 g/mol. The topological polar surface area (TPSA) is 18.5 Å². The molecule has 0 atom stereocenters. The summed E-state index contributed by atoms with van der Waals surface area (Å²) in [5.74, 6) is 1.68. The maximum Gasteiger partial charge on any atom is 0.267 e. The molecule has 6 rings (SSSR count). The maximum absolute atomic E-state index is 6.46. The molecule has 1 heterocycles. The van der Waals surface area contributed by atoms with Gasteiger partial charge in [0.25, 0.3) is 6.29 Å². The summed E-state index contributed by atoms with van der Waals surface area (Å²) in [6.07, 6.45) is -0.501. The molecule has 2 heteroatoms. The summed E-state index contributed by atoms with van der Waals surface area (Å²) in [4.78, 5) is 0. The first-order chi connectivity index (χ1) is 14.4. The third-order valence-electron chi connectivity index (χ3n) is 5.57. The van der Waals surface area contributed by atoms with Gasteiger partial charge >= 0.3 is 0 Å². The van der Waals surface area contributed by atoms with Crippen molar-refractivity contribution in [2.75, 3.05) is 0 Å². The van der Waals surface area contributed by atoms with Gasteiger partial charge < -0.3 is 9.47 Å². The summed E-state index contributed by atoms with van der Waals surface area (Å²) in [6, 6.07) is 35.4. The second-order valence-corrected chi connectivity index (χ2v) is 7.30. The molecule has 0 spiro atoms. The first kappa shape index (κ1) is 16.2. The second-order valence-electron chi connectivity index (χ2n) is 7.30. The molecule has 0 saturated carbocycles. The lowest BCUT2D eigenvalue weighted by Crippen LogP contribution is -2.13. The highest BCUT2D eigenvalue weighted by Crippen LogP contribution is 2.49. The Morgan fingerprint density at radius 1 is 0.448 bits per heavy atom. The third-order valence-corrected chi connectivity index (χ3v) is 5.57. The zero-order valence-electron chi connectivity index (χ0n) is 15.7. The molecule has 0 aliphatic carbocycles. The van der Waals surface area contributed by atoms with Gasteiger partial charge in [0, 0.05) is 16.7 Å². The van der Waals surface area contributed by atoms with Crippen molar-refractivity contribution in [3.63, 3.8) is 0 Å². The van der Waals surface area contributed by atoms with Crippen LogP contribution in [-0.4, -0.2) is 0 Å². The molecule has 0 radical (unpaired) electrons. The Kier molecular flexibility index (Phi) is 3.57. The first-order valence-corrected chi connectivity index (χ1v) is 9.81. The molecule has 0 unspecified atom stereocenters. The summed E-state index contributed by atoms with van der Waals surface area (Å²) in [7, 11) is 0. The van der Waals surface area contributed by atoms with Crippen molar-refractivity contribution in [2.45, 2.75) is 6.29 Å². The predicted molar refractivity (Wildman–Crippen MR) is 117 cm³/mol. The monoisotopic (exact) mass is 374 g/mol. The lowest BCUT2D eigenvalue weighted by Gasteiger charge is -2.19. The van der Waals surface area contributed by atoms with E-state index >= 15 is 0 Å². The Morgan fingerprint density at radius 2 is 0.931 bits per heavy atom. The molecule has 0 N–H and O–H groups in total. The zero-order valence-corrected chi connectivity index (χ0v) is 15.7. The molecule has 0 saturated heterocycles. The molecule has 1 aliphatic heterocycles. The Labute approximate surface area is 168 Å². The van der Waals surface area contributed by atoms with Gasteiger partial charge in [-0.25, -0.2) is 0 Å². The second kappa shape index (κ2) is 6.39. The van der Waals surface area contributed by atoms with Crippen molar-refractivity contribution in [1.82, 2.24) is 0 Å². The molecule has 1 aliphatic rings. The molecule has 0 fully saturated rings. The maximum atomic E-state index is 6.46. The van der Waals surface area contributed by atoms with Crippen LogP contribution in [0.5, 0.6) is 11.5 Å². The zero-order chi connectivity index (χ0) is 19.2. The molecule has 0 aromatic heterocycles. The van der Waals surface area contributed by atoms with Crippen molar-refractivity contribution in [3.05, 3.63) is 109 Å². The molecule has 0 bridgehead atoms. The molecular formula is C27H18O2. The van der Waals surface area contributed by atoms with Gasteiger partial charge in [-0.2, -0.15) is 0 Å². The number of rotatable bonds is 1. The Morgan fingerprint density at radius 3 is 1.48 bits per heavy atom. The quantitative estimate of drug-likeness (QED) is 0.311. The van der Waals surface area contributed by atoms with E-state index in [-0.39, 0.29) is 0 Å². The summed E-state index contributed by atoms with van der Waals surface area (Å²) in [5, 5.41) is 4.71. The van der Waals surface area contributed by atoms with Crippen LogP contribution in [0.1, 0.15) is 11.9 Å². The van der Waals surface area contributed by atoms with Crippen LogP contribution < -0.4 is 9.47 Å². The van der Waals surface area contributed by atoms with Gasteiger partial charge in [-0.05, 0) is 33.7 Å². The highest BCUT2D eigenvalue weighted by atomic mass is 16.7. The lowest BCUT2D eigenvalue weighted by molar-refractivity contribution is 0.00777. The van der Waals surface area contributed by atoms with Gasteiger partial charge in [-0.3, -0.25) is 0 Å². The highest BCUT2D eigenvalue weighted by Gasteiger charge is 2.27. The fraction of sp³-hybridized carbons (Fsp3) is 0.0370. The van der Waals surface area contributed by atoms with E-state index in [4.69, 9.17) is 9.47 Å². The average Bonchev–Trinajstić information content (AvgIpc) is 2.97. The highest BCUT2D eigenvalue weighted by molar-refractivity contribution is 6.09. The molecule has 138 valence electrons. The SMILES string of the molecule is c1ccc(C2Oc3ccc4ccccc4c3-c3c(ccc4ccccc34)O2)cc1. The van der Waals surface area contributed by atoms with Crippen LogP contribution in [0.3, 0.4) is 0 Å². The van der Waals surface area contributed by atoms with Gasteiger partial charge in [-0.1, -0.05) is 91.0 Å². The fourth-order valence-electron chi connectivity index (χ4n) is 4.22. The number of ether oxygens (including phenoxy) is 2. The van der Waals surface area contributed by atoms with Crippen LogP contribution in [0.2, 0.25) is 0 Å². The van der Waals surface area contributed by atoms with Gasteiger partial charge in [-0.15, -0.1) is 0 Å². The van der Waals surface area contributed by atoms with Crippen molar-refractivity contribution in [2.24, 2.45) is 0 Å². The standard InChI is InChI=1S/C27H18O2/c1-2-10-20(11-3-1)27-28-23-16-14-18-8-4-6-12-21(18)25(23)26-22-13-7-5-9-19(22)15-17-24(26)29-27/h1-17,27H. The minimum absolute atomic E-state index is 0.501. The number of hydrogen-bond acceptors (Lipinski definition) is 2. The Hall–Kier alpha value is -3.78. The van der Waals surface area contributed by atoms with Crippen molar-refractivity contribution in [3.8, 4) is 22.6 Å². The van der Waals surface area contributed by atoms with Crippen molar-refractivity contribution in [1.29, 1.82) is 0 Å². The lowest BCUT2D eigenvalue weighted by atomic mass is 9.92. The minimum Gasteiger partial charge on any atom is -0.450 e. The predicted octanol–water partition coefficient (Wildman–Crippen LogP) is 7.13. The molecule has 5 aromatic rings. The van der Waals surface area contributed by atoms with Crippen LogP contribution in [0.4, 0.5) is 0 Å². The summed E-state index contributed by atoms with van der Waals surface area (Å²) in [6.45, 7) is 0. The van der Waals surface area contributed by atoms with E-state index in [2.05, 4.69) is 72.8 Å². The van der Waals surface area contributed by atoms with Gasteiger partial charge in [0.1, 0.15) is 11.5 Å². The smallest absolute Gasteiger partial charge is 0.267 e. The minimum atomic E-state index is -0.501. The van der Waals surface area contributed by atoms with Crippen molar-refractivity contribution < 1.29 is 9.47 Å². The fourth-order valence-corrected chi connectivity index (χ4v) is 4.22. The summed E-state index contributed by atoms with van der Waals surface area (Å²) >= 11 is 0. The van der Waals surface area contributed by atoms with E-state index in [1.807, 2.05) is 30.3 Å². The van der Waals surface area contributed by atoms with E-state index < -0.39 is 6.29 Å². The van der Waals surface area contributed by atoms with E-state index in [0.29, 0.717) is 0 Å². The van der Waals surface area contributed by atoms with E-state index in [1.54, 1.807) is 0 Å². The molecule has 2 nitrogen and oxygen atoms in total. The van der Waals surface area contributed by atoms with Gasteiger partial charge in [0.2, 0.25) is 0 Å². The Balaban J connectivity index is 1.72.